The Balaban J connectivity index is 2.13. The highest BCUT2D eigenvalue weighted by Crippen LogP contribution is 2.29. The SMILES string of the molecule is O=C(Cc1cccc(C(F)(F)F)c1)Nc1ccccc1C(=O)O. The van der Waals surface area contributed by atoms with Crippen molar-refractivity contribution in [1.82, 2.24) is 0 Å². The number of hydrogen-bond donors (Lipinski definition) is 2. The number of carbonyl (C=O) groups is 2. The second-order valence-electron chi connectivity index (χ2n) is 4.77. The summed E-state index contributed by atoms with van der Waals surface area (Å²) in [7, 11) is 0. The number of nitrogens with one attached hydrogen (secondary N) is 1. The highest BCUT2D eigenvalue weighted by atomic mass is 19.4. The van der Waals surface area contributed by atoms with E-state index >= 15 is 0 Å². The number of para-hydroxylation sites is 1. The third-order valence-electron chi connectivity index (χ3n) is 3.05. The van der Waals surface area contributed by atoms with E-state index in [0.29, 0.717) is 0 Å². The molecular formula is C16H12F3NO3. The van der Waals surface area contributed by atoms with Crippen molar-refractivity contribution < 1.29 is 27.9 Å². The zero-order valence-corrected chi connectivity index (χ0v) is 11.7. The molecule has 0 spiro atoms. The van der Waals surface area contributed by atoms with Crippen molar-refractivity contribution in [3.05, 3.63) is 65.2 Å². The zero-order chi connectivity index (χ0) is 17.0. The summed E-state index contributed by atoms with van der Waals surface area (Å²) in [5.41, 5.74) is -0.652. The van der Waals surface area contributed by atoms with Crippen LogP contribution >= 0.6 is 0 Å². The molecule has 0 atom stereocenters. The van der Waals surface area contributed by atoms with E-state index in [1.54, 1.807) is 6.07 Å². The van der Waals surface area contributed by atoms with Gasteiger partial charge in [0.25, 0.3) is 0 Å². The fraction of sp³-hybridized carbons (Fsp3) is 0.125. The highest BCUT2D eigenvalue weighted by Gasteiger charge is 2.30. The molecule has 2 aromatic rings. The molecule has 0 aliphatic heterocycles. The molecule has 23 heavy (non-hydrogen) atoms. The lowest BCUT2D eigenvalue weighted by Gasteiger charge is -2.10. The molecule has 120 valence electrons. The van der Waals surface area contributed by atoms with Crippen LogP contribution in [0.4, 0.5) is 18.9 Å². The fourth-order valence-corrected chi connectivity index (χ4v) is 2.02. The Hall–Kier alpha value is -2.83. The predicted molar refractivity (Wildman–Crippen MR) is 77.2 cm³/mol. The third kappa shape index (κ3) is 4.32. The smallest absolute Gasteiger partial charge is 0.416 e. The maximum absolute atomic E-state index is 12.6. The lowest BCUT2D eigenvalue weighted by atomic mass is 10.1. The molecule has 0 aromatic heterocycles. The summed E-state index contributed by atoms with van der Waals surface area (Å²) in [5.74, 6) is -1.81. The van der Waals surface area contributed by atoms with E-state index in [2.05, 4.69) is 5.32 Å². The summed E-state index contributed by atoms with van der Waals surface area (Å²) in [6, 6.07) is 10.2. The number of alkyl halides is 3. The topological polar surface area (TPSA) is 66.4 Å². The molecule has 1 amide bonds. The van der Waals surface area contributed by atoms with Crippen LogP contribution in [0.2, 0.25) is 0 Å². The van der Waals surface area contributed by atoms with Crippen LogP contribution in [0.15, 0.2) is 48.5 Å². The molecule has 0 fully saturated rings. The van der Waals surface area contributed by atoms with Crippen LogP contribution in [-0.2, 0) is 17.4 Å². The van der Waals surface area contributed by atoms with Crippen molar-refractivity contribution in [2.24, 2.45) is 0 Å². The summed E-state index contributed by atoms with van der Waals surface area (Å²) in [4.78, 5) is 23.0. The van der Waals surface area contributed by atoms with Gasteiger partial charge in [-0.05, 0) is 23.8 Å². The molecule has 0 bridgehead atoms. The minimum absolute atomic E-state index is 0.0927. The average molecular weight is 323 g/mol. The molecule has 0 saturated carbocycles. The van der Waals surface area contributed by atoms with Crippen molar-refractivity contribution in [3.63, 3.8) is 0 Å². The number of hydrogen-bond acceptors (Lipinski definition) is 2. The number of carbonyl (C=O) groups excluding carboxylic acids is 1. The molecule has 0 saturated heterocycles. The summed E-state index contributed by atoms with van der Waals surface area (Å²) in [6.45, 7) is 0. The van der Waals surface area contributed by atoms with Gasteiger partial charge in [-0.15, -0.1) is 0 Å². The van der Waals surface area contributed by atoms with E-state index in [4.69, 9.17) is 5.11 Å². The zero-order valence-electron chi connectivity index (χ0n) is 11.7. The van der Waals surface area contributed by atoms with Crippen molar-refractivity contribution in [2.75, 3.05) is 5.32 Å². The van der Waals surface area contributed by atoms with Gasteiger partial charge in [0.1, 0.15) is 0 Å². The fourth-order valence-electron chi connectivity index (χ4n) is 2.02. The average Bonchev–Trinajstić information content (AvgIpc) is 2.46. The molecule has 0 aliphatic rings. The van der Waals surface area contributed by atoms with E-state index in [1.807, 2.05) is 0 Å². The molecule has 0 heterocycles. The van der Waals surface area contributed by atoms with E-state index in [0.717, 1.165) is 12.1 Å². The van der Waals surface area contributed by atoms with Gasteiger partial charge < -0.3 is 10.4 Å². The number of halogens is 3. The van der Waals surface area contributed by atoms with Gasteiger partial charge in [0.2, 0.25) is 5.91 Å². The van der Waals surface area contributed by atoms with Crippen molar-refractivity contribution >= 4 is 17.6 Å². The van der Waals surface area contributed by atoms with Crippen LogP contribution in [0.3, 0.4) is 0 Å². The largest absolute Gasteiger partial charge is 0.478 e. The predicted octanol–water partition coefficient (Wildman–Crippen LogP) is 3.58. The quantitative estimate of drug-likeness (QED) is 0.904. The number of carboxylic acids is 1. The standard InChI is InChI=1S/C16H12F3NO3/c17-16(18,19)11-5-3-4-10(8-11)9-14(21)20-13-7-2-1-6-12(13)15(22)23/h1-8H,9H2,(H,20,21)(H,22,23). The van der Waals surface area contributed by atoms with Crippen molar-refractivity contribution in [3.8, 4) is 0 Å². The molecule has 0 radical (unpaired) electrons. The van der Waals surface area contributed by atoms with Gasteiger partial charge in [0, 0.05) is 0 Å². The Morgan fingerprint density at radius 2 is 1.74 bits per heavy atom. The number of anilines is 1. The number of amides is 1. The molecule has 2 aromatic carbocycles. The summed E-state index contributed by atoms with van der Waals surface area (Å²) < 4.78 is 37.9. The van der Waals surface area contributed by atoms with Crippen LogP contribution in [-0.4, -0.2) is 17.0 Å². The first kappa shape index (κ1) is 16.5. The molecule has 4 nitrogen and oxygen atoms in total. The highest BCUT2D eigenvalue weighted by molar-refractivity contribution is 6.00. The van der Waals surface area contributed by atoms with Crippen LogP contribution in [0.5, 0.6) is 0 Å². The van der Waals surface area contributed by atoms with E-state index in [9.17, 15) is 22.8 Å². The van der Waals surface area contributed by atoms with Gasteiger partial charge in [0.15, 0.2) is 0 Å². The second-order valence-corrected chi connectivity index (χ2v) is 4.77. The van der Waals surface area contributed by atoms with Gasteiger partial charge in [0.05, 0.1) is 23.2 Å². The Morgan fingerprint density at radius 1 is 1.04 bits per heavy atom. The summed E-state index contributed by atoms with van der Waals surface area (Å²) in [5, 5.41) is 11.4. The first-order valence-corrected chi connectivity index (χ1v) is 6.55. The van der Waals surface area contributed by atoms with Crippen molar-refractivity contribution in [1.29, 1.82) is 0 Å². The lowest BCUT2D eigenvalue weighted by Crippen LogP contribution is -2.17. The first-order chi connectivity index (χ1) is 10.8. The Kier molecular flexibility index (Phi) is 4.68. The lowest BCUT2D eigenvalue weighted by molar-refractivity contribution is -0.137. The number of benzene rings is 2. The second kappa shape index (κ2) is 6.51. The van der Waals surface area contributed by atoms with Gasteiger partial charge in [-0.25, -0.2) is 4.79 Å². The molecular weight excluding hydrogens is 311 g/mol. The summed E-state index contributed by atoms with van der Waals surface area (Å²) >= 11 is 0. The minimum Gasteiger partial charge on any atom is -0.478 e. The maximum Gasteiger partial charge on any atom is 0.416 e. The van der Waals surface area contributed by atoms with Crippen molar-refractivity contribution in [2.45, 2.75) is 12.6 Å². The normalized spacial score (nSPS) is 11.1. The Labute approximate surface area is 129 Å². The summed E-state index contributed by atoms with van der Waals surface area (Å²) in [6.07, 6.45) is -4.78. The molecule has 2 N–H and O–H groups in total. The van der Waals surface area contributed by atoms with Gasteiger partial charge >= 0.3 is 12.1 Å². The van der Waals surface area contributed by atoms with E-state index in [-0.39, 0.29) is 23.2 Å². The van der Waals surface area contributed by atoms with Gasteiger partial charge in [-0.3, -0.25) is 4.79 Å². The maximum atomic E-state index is 12.6. The monoisotopic (exact) mass is 323 g/mol. The molecule has 2 rings (SSSR count). The van der Waals surface area contributed by atoms with Crippen LogP contribution < -0.4 is 5.32 Å². The van der Waals surface area contributed by atoms with E-state index in [1.165, 1.54) is 30.3 Å². The first-order valence-electron chi connectivity index (χ1n) is 6.55. The molecule has 0 aliphatic carbocycles. The molecule has 7 heteroatoms. The van der Waals surface area contributed by atoms with Gasteiger partial charge in [-0.2, -0.15) is 13.2 Å². The third-order valence-corrected chi connectivity index (χ3v) is 3.05. The number of carboxylic acid groups (broad SMARTS) is 1. The van der Waals surface area contributed by atoms with Crippen LogP contribution in [0, 0.1) is 0 Å². The van der Waals surface area contributed by atoms with E-state index < -0.39 is 23.6 Å². The Morgan fingerprint density at radius 3 is 2.39 bits per heavy atom. The molecule has 0 unspecified atom stereocenters. The number of rotatable bonds is 4. The number of aromatic carboxylic acids is 1. The van der Waals surface area contributed by atoms with Crippen LogP contribution in [0.1, 0.15) is 21.5 Å². The minimum atomic E-state index is -4.48. The Bertz CT molecular complexity index is 741. The van der Waals surface area contributed by atoms with Gasteiger partial charge in [-0.1, -0.05) is 30.3 Å². The van der Waals surface area contributed by atoms with Crippen LogP contribution in [0.25, 0.3) is 0 Å².